The summed E-state index contributed by atoms with van der Waals surface area (Å²) >= 11 is 4.71. The zero-order valence-electron chi connectivity index (χ0n) is 7.20. The number of carbonyl (C=O) groups is 1. The maximum atomic E-state index is 11.1. The highest BCUT2D eigenvalue weighted by molar-refractivity contribution is 7.78. The van der Waals surface area contributed by atoms with E-state index < -0.39 is 0 Å². The molecule has 0 spiro atoms. The van der Waals surface area contributed by atoms with E-state index in [0.717, 1.165) is 6.54 Å². The lowest BCUT2D eigenvalue weighted by atomic mass is 10.5. The molecule has 0 aliphatic heterocycles. The van der Waals surface area contributed by atoms with Crippen molar-refractivity contribution in [1.29, 1.82) is 0 Å². The molecule has 0 N–H and O–H groups in total. The summed E-state index contributed by atoms with van der Waals surface area (Å²) in [6, 6.07) is 0. The molecule has 0 aliphatic carbocycles. The maximum absolute atomic E-state index is 11.1. The minimum absolute atomic E-state index is 0.0768. The lowest BCUT2D eigenvalue weighted by Crippen LogP contribution is -2.35. The molecule has 0 rings (SSSR count). The fraction of sp³-hybridized carbons (Fsp3) is 0.714. The van der Waals surface area contributed by atoms with Crippen LogP contribution in [0.2, 0.25) is 0 Å². The number of amides is 1. The summed E-state index contributed by atoms with van der Waals surface area (Å²) in [5, 5.41) is 0. The van der Waals surface area contributed by atoms with Crippen LogP contribution in [0.3, 0.4) is 0 Å². The van der Waals surface area contributed by atoms with Gasteiger partial charge in [-0.1, -0.05) is 12.2 Å². The van der Waals surface area contributed by atoms with Crippen LogP contribution in [-0.2, 0) is 4.79 Å². The third-order valence-electron chi connectivity index (χ3n) is 1.39. The number of likely N-dealkylation sites (N-methyl/N-ethyl adjacent to an activating group) is 2. The Morgan fingerprint density at radius 1 is 1.55 bits per heavy atom. The summed E-state index contributed by atoms with van der Waals surface area (Å²) in [6.07, 6.45) is 0. The van der Waals surface area contributed by atoms with Gasteiger partial charge in [0.05, 0.1) is 12.0 Å². The smallest absolute Gasteiger partial charge is 0.241 e. The number of hydrogen-bond donors (Lipinski definition) is 0. The topological polar surface area (TPSA) is 23.6 Å². The second-order valence-corrected chi connectivity index (χ2v) is 2.67. The Hall–Kier alpha value is -0.640. The van der Waals surface area contributed by atoms with Crippen LogP contribution in [0, 0.1) is 0 Å². The van der Waals surface area contributed by atoms with Crippen LogP contribution >= 0.6 is 12.2 Å². The molecule has 3 nitrogen and oxygen atoms in total. The van der Waals surface area contributed by atoms with Crippen molar-refractivity contribution < 1.29 is 4.79 Å². The first-order valence-corrected chi connectivity index (χ1v) is 3.98. The summed E-state index contributed by atoms with van der Waals surface area (Å²) in [6.45, 7) is 3.13. The quantitative estimate of drug-likeness (QED) is 0.575. The third-order valence-corrected chi connectivity index (χ3v) is 1.69. The molecule has 0 aromatic heterocycles. The van der Waals surface area contributed by atoms with Crippen molar-refractivity contribution >= 4 is 23.6 Å². The van der Waals surface area contributed by atoms with Gasteiger partial charge in [-0.15, -0.1) is 0 Å². The van der Waals surface area contributed by atoms with Gasteiger partial charge in [0, 0.05) is 20.6 Å². The first-order valence-electron chi connectivity index (χ1n) is 3.51. The Bertz CT molecular complexity index is 147. The number of carbonyl (C=O) groups excluding carboxylic acids is 1. The van der Waals surface area contributed by atoms with Gasteiger partial charge in [-0.2, -0.15) is 0 Å². The molecular weight excluding hydrogens is 160 g/mol. The van der Waals surface area contributed by atoms with E-state index in [9.17, 15) is 4.79 Å². The lowest BCUT2D eigenvalue weighted by Gasteiger charge is -2.18. The second-order valence-electron chi connectivity index (χ2n) is 2.46. The molecule has 0 aliphatic rings. The van der Waals surface area contributed by atoms with Crippen molar-refractivity contribution in [3.8, 4) is 0 Å². The summed E-state index contributed by atoms with van der Waals surface area (Å²) < 4.78 is 0. The molecule has 0 aromatic carbocycles. The third kappa shape index (κ3) is 3.93. The molecule has 11 heavy (non-hydrogen) atoms. The summed E-state index contributed by atoms with van der Waals surface area (Å²) in [5.41, 5.74) is 1.52. The molecule has 0 heterocycles. The Morgan fingerprint density at radius 3 is 2.36 bits per heavy atom. The SMILES string of the molecule is CCN(C=S)CC(=O)N(C)C. The molecular formula is C7H14N2OS. The molecule has 0 fully saturated rings. The van der Waals surface area contributed by atoms with Gasteiger partial charge in [0.2, 0.25) is 5.91 Å². The largest absolute Gasteiger partial charge is 0.360 e. The van der Waals surface area contributed by atoms with Crippen LogP contribution in [0.5, 0.6) is 0 Å². The van der Waals surface area contributed by atoms with Gasteiger partial charge in [-0.25, -0.2) is 0 Å². The molecule has 0 radical (unpaired) electrons. The Balaban J connectivity index is 3.81. The molecule has 0 aromatic rings. The van der Waals surface area contributed by atoms with Crippen molar-refractivity contribution in [2.75, 3.05) is 27.2 Å². The second kappa shape index (κ2) is 5.07. The highest BCUT2D eigenvalue weighted by Gasteiger charge is 2.06. The Labute approximate surface area is 73.0 Å². The van der Waals surface area contributed by atoms with E-state index in [-0.39, 0.29) is 5.91 Å². The normalized spacial score (nSPS) is 9.00. The molecule has 4 heteroatoms. The van der Waals surface area contributed by atoms with Crippen LogP contribution < -0.4 is 0 Å². The van der Waals surface area contributed by atoms with E-state index in [1.807, 2.05) is 6.92 Å². The highest BCUT2D eigenvalue weighted by atomic mass is 32.1. The number of hydrogen-bond acceptors (Lipinski definition) is 2. The summed E-state index contributed by atoms with van der Waals surface area (Å²) in [5.74, 6) is 0.0768. The first-order chi connectivity index (χ1) is 5.11. The minimum atomic E-state index is 0.0768. The van der Waals surface area contributed by atoms with Crippen LogP contribution in [0.25, 0.3) is 0 Å². The standard InChI is InChI=1S/C7H14N2OS/c1-4-9(6-11)5-7(10)8(2)3/h6H,4-5H2,1-3H3. The average molecular weight is 174 g/mol. The molecule has 0 saturated heterocycles. The monoisotopic (exact) mass is 174 g/mol. The van der Waals surface area contributed by atoms with Gasteiger partial charge in [0.15, 0.2) is 0 Å². The van der Waals surface area contributed by atoms with Gasteiger partial charge >= 0.3 is 0 Å². The van der Waals surface area contributed by atoms with Crippen molar-refractivity contribution in [2.45, 2.75) is 6.92 Å². The molecule has 0 saturated carbocycles. The van der Waals surface area contributed by atoms with Crippen LogP contribution in [0.4, 0.5) is 0 Å². The predicted octanol–water partition coefficient (Wildman–Crippen LogP) is 0.354. The molecule has 0 bridgehead atoms. The van der Waals surface area contributed by atoms with Crippen LogP contribution in [-0.4, -0.2) is 48.4 Å². The van der Waals surface area contributed by atoms with E-state index in [2.05, 4.69) is 0 Å². The van der Waals surface area contributed by atoms with Gasteiger partial charge in [0.1, 0.15) is 0 Å². The fourth-order valence-corrected chi connectivity index (χ4v) is 0.762. The minimum Gasteiger partial charge on any atom is -0.360 e. The zero-order chi connectivity index (χ0) is 8.85. The summed E-state index contributed by atoms with van der Waals surface area (Å²) in [4.78, 5) is 14.4. The molecule has 0 unspecified atom stereocenters. The lowest BCUT2D eigenvalue weighted by molar-refractivity contribution is -0.128. The number of thiocarbonyl (C=S) groups is 1. The zero-order valence-corrected chi connectivity index (χ0v) is 8.02. The van der Waals surface area contributed by atoms with Crippen molar-refractivity contribution in [2.24, 2.45) is 0 Å². The maximum Gasteiger partial charge on any atom is 0.241 e. The van der Waals surface area contributed by atoms with Crippen LogP contribution in [0.1, 0.15) is 6.92 Å². The van der Waals surface area contributed by atoms with Gasteiger partial charge in [0.25, 0.3) is 0 Å². The van der Waals surface area contributed by atoms with E-state index in [1.165, 1.54) is 5.49 Å². The molecule has 1 amide bonds. The fourth-order valence-electron chi connectivity index (χ4n) is 0.539. The van der Waals surface area contributed by atoms with E-state index >= 15 is 0 Å². The number of rotatable bonds is 4. The van der Waals surface area contributed by atoms with E-state index in [0.29, 0.717) is 6.54 Å². The van der Waals surface area contributed by atoms with E-state index in [4.69, 9.17) is 12.2 Å². The molecule has 0 atom stereocenters. The number of nitrogens with zero attached hydrogens (tertiary/aromatic N) is 2. The van der Waals surface area contributed by atoms with Crippen molar-refractivity contribution in [3.05, 3.63) is 0 Å². The highest BCUT2D eigenvalue weighted by Crippen LogP contribution is 1.86. The van der Waals surface area contributed by atoms with Crippen LogP contribution in [0.15, 0.2) is 0 Å². The van der Waals surface area contributed by atoms with Crippen molar-refractivity contribution in [1.82, 2.24) is 9.80 Å². The van der Waals surface area contributed by atoms with Gasteiger partial charge in [-0.3, -0.25) is 4.79 Å². The van der Waals surface area contributed by atoms with E-state index in [1.54, 1.807) is 23.9 Å². The Kier molecular flexibility index (Phi) is 4.77. The first kappa shape index (κ1) is 10.4. The van der Waals surface area contributed by atoms with Crippen molar-refractivity contribution in [3.63, 3.8) is 0 Å². The van der Waals surface area contributed by atoms with Gasteiger partial charge in [-0.05, 0) is 6.92 Å². The average Bonchev–Trinajstić information content (AvgIpc) is 1.99. The predicted molar refractivity (Wildman–Crippen MR) is 49.6 cm³/mol. The molecule has 64 valence electrons. The Morgan fingerprint density at radius 2 is 2.09 bits per heavy atom. The summed E-state index contributed by atoms with van der Waals surface area (Å²) in [7, 11) is 3.47. The van der Waals surface area contributed by atoms with Gasteiger partial charge < -0.3 is 9.80 Å².